The first kappa shape index (κ1) is 15.9. The van der Waals surface area contributed by atoms with E-state index in [1.165, 1.54) is 4.57 Å². The summed E-state index contributed by atoms with van der Waals surface area (Å²) in [4.78, 5) is 29.4. The molecule has 122 valence electrons. The molecular weight excluding hydrogens is 304 g/mol. The SMILES string of the molecule is Cn1c(NC(=O)[C@](C)(N)c2ccccc2)nc2ccccc2c1=O. The number of nitrogens with zero attached hydrogens (tertiary/aromatic N) is 2. The number of para-hydroxylation sites is 1. The third kappa shape index (κ3) is 2.68. The van der Waals surface area contributed by atoms with E-state index in [-0.39, 0.29) is 11.5 Å². The van der Waals surface area contributed by atoms with Crippen molar-refractivity contribution in [2.45, 2.75) is 12.5 Å². The van der Waals surface area contributed by atoms with Crippen molar-refractivity contribution in [1.82, 2.24) is 9.55 Å². The lowest BCUT2D eigenvalue weighted by Gasteiger charge is -2.24. The summed E-state index contributed by atoms with van der Waals surface area (Å²) in [6, 6.07) is 16.0. The van der Waals surface area contributed by atoms with Gasteiger partial charge in [-0.15, -0.1) is 0 Å². The van der Waals surface area contributed by atoms with Crippen LogP contribution in [0.3, 0.4) is 0 Å². The molecule has 0 spiro atoms. The number of amides is 1. The largest absolute Gasteiger partial charge is 0.314 e. The quantitative estimate of drug-likeness (QED) is 0.768. The van der Waals surface area contributed by atoms with E-state index in [0.717, 1.165) is 0 Å². The Hall–Kier alpha value is -2.99. The first-order valence-corrected chi connectivity index (χ1v) is 7.53. The number of hydrogen-bond acceptors (Lipinski definition) is 4. The number of nitrogens with one attached hydrogen (secondary N) is 1. The molecule has 0 unspecified atom stereocenters. The van der Waals surface area contributed by atoms with Gasteiger partial charge in [-0.3, -0.25) is 19.5 Å². The molecule has 3 rings (SSSR count). The summed E-state index contributed by atoms with van der Waals surface area (Å²) >= 11 is 0. The van der Waals surface area contributed by atoms with Gasteiger partial charge in [0.1, 0.15) is 5.54 Å². The van der Waals surface area contributed by atoms with Crippen LogP contribution in [0.2, 0.25) is 0 Å². The Morgan fingerprint density at radius 2 is 1.75 bits per heavy atom. The van der Waals surface area contributed by atoms with Gasteiger partial charge in [0.25, 0.3) is 11.5 Å². The molecule has 3 aromatic rings. The number of anilines is 1. The van der Waals surface area contributed by atoms with Crippen LogP contribution >= 0.6 is 0 Å². The highest BCUT2D eigenvalue weighted by atomic mass is 16.2. The lowest BCUT2D eigenvalue weighted by Crippen LogP contribution is -2.46. The van der Waals surface area contributed by atoms with Crippen LogP contribution in [0.1, 0.15) is 12.5 Å². The van der Waals surface area contributed by atoms with E-state index in [1.807, 2.05) is 18.2 Å². The van der Waals surface area contributed by atoms with Gasteiger partial charge in [-0.2, -0.15) is 0 Å². The van der Waals surface area contributed by atoms with E-state index in [1.54, 1.807) is 50.4 Å². The highest BCUT2D eigenvalue weighted by Crippen LogP contribution is 2.19. The van der Waals surface area contributed by atoms with Crippen LogP contribution in [0.15, 0.2) is 59.4 Å². The van der Waals surface area contributed by atoms with Crippen molar-refractivity contribution in [3.05, 3.63) is 70.5 Å². The molecule has 1 aromatic heterocycles. The van der Waals surface area contributed by atoms with Gasteiger partial charge in [0.15, 0.2) is 0 Å². The summed E-state index contributed by atoms with van der Waals surface area (Å²) in [5, 5.41) is 3.17. The molecular formula is C18H18N4O2. The van der Waals surface area contributed by atoms with Gasteiger partial charge >= 0.3 is 0 Å². The Morgan fingerprint density at radius 3 is 2.46 bits per heavy atom. The first-order chi connectivity index (χ1) is 11.4. The van der Waals surface area contributed by atoms with Crippen molar-refractivity contribution in [1.29, 1.82) is 0 Å². The van der Waals surface area contributed by atoms with E-state index >= 15 is 0 Å². The minimum atomic E-state index is -1.25. The van der Waals surface area contributed by atoms with Gasteiger partial charge in [-0.05, 0) is 24.6 Å². The fourth-order valence-corrected chi connectivity index (χ4v) is 2.48. The number of carbonyl (C=O) groups excluding carboxylic acids is 1. The Balaban J connectivity index is 1.99. The molecule has 24 heavy (non-hydrogen) atoms. The van der Waals surface area contributed by atoms with Gasteiger partial charge in [-0.25, -0.2) is 4.98 Å². The fraction of sp³-hybridized carbons (Fsp3) is 0.167. The van der Waals surface area contributed by atoms with Crippen LogP contribution in [0.5, 0.6) is 0 Å². The predicted octanol–water partition coefficient (Wildman–Crippen LogP) is 1.75. The second kappa shape index (κ2) is 5.90. The van der Waals surface area contributed by atoms with Crippen LogP contribution in [0, 0.1) is 0 Å². The maximum Gasteiger partial charge on any atom is 0.262 e. The topological polar surface area (TPSA) is 90.0 Å². The molecule has 6 heteroatoms. The van der Waals surface area contributed by atoms with Crippen molar-refractivity contribution in [2.24, 2.45) is 12.8 Å². The second-order valence-corrected chi connectivity index (χ2v) is 5.84. The van der Waals surface area contributed by atoms with Gasteiger partial charge in [0.05, 0.1) is 10.9 Å². The number of nitrogens with two attached hydrogens (primary N) is 1. The zero-order chi connectivity index (χ0) is 17.3. The molecule has 1 atom stereocenters. The number of carbonyl (C=O) groups is 1. The molecule has 2 aromatic carbocycles. The molecule has 3 N–H and O–H groups in total. The van der Waals surface area contributed by atoms with E-state index in [4.69, 9.17) is 5.73 Å². The molecule has 0 saturated heterocycles. The first-order valence-electron chi connectivity index (χ1n) is 7.53. The molecule has 0 aliphatic carbocycles. The summed E-state index contributed by atoms with van der Waals surface area (Å²) in [5.41, 5.74) is 5.93. The number of hydrogen-bond donors (Lipinski definition) is 2. The van der Waals surface area contributed by atoms with Crippen molar-refractivity contribution >= 4 is 22.8 Å². The van der Waals surface area contributed by atoms with Crippen LogP contribution in [0.25, 0.3) is 10.9 Å². The van der Waals surface area contributed by atoms with Gasteiger partial charge in [0, 0.05) is 7.05 Å². The standard InChI is InChI=1S/C18H18N4O2/c1-18(19,12-8-4-3-5-9-12)16(24)21-17-20-14-11-7-6-10-13(14)15(23)22(17)2/h3-11H,19H2,1-2H3,(H,20,21,24)/t18-/m1/s1. The summed E-state index contributed by atoms with van der Waals surface area (Å²) in [6.45, 7) is 1.62. The molecule has 0 radical (unpaired) electrons. The average molecular weight is 322 g/mol. The molecule has 0 fully saturated rings. The van der Waals surface area contributed by atoms with Gasteiger partial charge in [0.2, 0.25) is 5.95 Å². The van der Waals surface area contributed by atoms with Crippen molar-refractivity contribution in [3.8, 4) is 0 Å². The minimum Gasteiger partial charge on any atom is -0.314 e. The zero-order valence-corrected chi connectivity index (χ0v) is 13.5. The highest BCUT2D eigenvalue weighted by molar-refractivity contribution is 5.97. The normalized spacial score (nSPS) is 13.5. The van der Waals surface area contributed by atoms with Gasteiger partial charge < -0.3 is 5.73 Å². The van der Waals surface area contributed by atoms with Crippen LogP contribution < -0.4 is 16.6 Å². The van der Waals surface area contributed by atoms with Crippen molar-refractivity contribution in [3.63, 3.8) is 0 Å². The van der Waals surface area contributed by atoms with E-state index < -0.39 is 11.4 Å². The summed E-state index contributed by atoms with van der Waals surface area (Å²) in [7, 11) is 1.56. The Labute approximate surface area is 138 Å². The number of aromatic nitrogens is 2. The van der Waals surface area contributed by atoms with E-state index in [2.05, 4.69) is 10.3 Å². The predicted molar refractivity (Wildman–Crippen MR) is 93.6 cm³/mol. The maximum absolute atomic E-state index is 12.6. The molecule has 1 heterocycles. The van der Waals surface area contributed by atoms with Crippen LogP contribution in [0.4, 0.5) is 5.95 Å². The highest BCUT2D eigenvalue weighted by Gasteiger charge is 2.31. The third-order valence-corrected chi connectivity index (χ3v) is 4.05. The second-order valence-electron chi connectivity index (χ2n) is 5.84. The van der Waals surface area contributed by atoms with Crippen molar-refractivity contribution in [2.75, 3.05) is 5.32 Å². The molecule has 0 aliphatic rings. The minimum absolute atomic E-state index is 0.163. The Morgan fingerprint density at radius 1 is 1.12 bits per heavy atom. The van der Waals surface area contributed by atoms with Crippen molar-refractivity contribution < 1.29 is 4.79 Å². The summed E-state index contributed by atoms with van der Waals surface area (Å²) in [5.74, 6) is -0.275. The average Bonchev–Trinajstić information content (AvgIpc) is 2.60. The zero-order valence-electron chi connectivity index (χ0n) is 13.5. The Kier molecular flexibility index (Phi) is 3.91. The summed E-state index contributed by atoms with van der Waals surface area (Å²) in [6.07, 6.45) is 0. The van der Waals surface area contributed by atoms with Gasteiger partial charge in [-0.1, -0.05) is 42.5 Å². The number of fused-ring (bicyclic) bond motifs is 1. The molecule has 6 nitrogen and oxygen atoms in total. The monoisotopic (exact) mass is 322 g/mol. The third-order valence-electron chi connectivity index (χ3n) is 4.05. The van der Waals surface area contributed by atoms with Crippen LogP contribution in [-0.2, 0) is 17.4 Å². The molecule has 0 saturated carbocycles. The fourth-order valence-electron chi connectivity index (χ4n) is 2.48. The van der Waals surface area contributed by atoms with E-state index in [0.29, 0.717) is 16.5 Å². The smallest absolute Gasteiger partial charge is 0.262 e. The Bertz CT molecular complexity index is 962. The number of rotatable bonds is 3. The molecule has 0 bridgehead atoms. The maximum atomic E-state index is 12.6. The lowest BCUT2D eigenvalue weighted by atomic mass is 9.92. The summed E-state index contributed by atoms with van der Waals surface area (Å²) < 4.78 is 1.31. The van der Waals surface area contributed by atoms with E-state index in [9.17, 15) is 9.59 Å². The molecule has 1 amide bonds. The van der Waals surface area contributed by atoms with Crippen LogP contribution in [-0.4, -0.2) is 15.5 Å². The molecule has 0 aliphatic heterocycles. The number of benzene rings is 2. The lowest BCUT2D eigenvalue weighted by molar-refractivity contribution is -0.121.